The Labute approximate surface area is 245 Å². The van der Waals surface area contributed by atoms with Crippen LogP contribution in [-0.2, 0) is 5.41 Å². The van der Waals surface area contributed by atoms with Gasteiger partial charge in [-0.15, -0.1) is 0 Å². The Morgan fingerprint density at radius 3 is 2.27 bits per heavy atom. The van der Waals surface area contributed by atoms with Crippen LogP contribution in [0.4, 0.5) is 0 Å². The average Bonchev–Trinajstić information content (AvgIpc) is 3.61. The molecule has 4 aliphatic rings. The Balaban J connectivity index is 1.60. The quantitative estimate of drug-likeness (QED) is 0.310. The van der Waals surface area contributed by atoms with E-state index in [-0.39, 0.29) is 5.41 Å². The van der Waals surface area contributed by atoms with Gasteiger partial charge in [0.1, 0.15) is 0 Å². The van der Waals surface area contributed by atoms with Crippen molar-refractivity contribution >= 4 is 10.8 Å². The van der Waals surface area contributed by atoms with Crippen molar-refractivity contribution in [3.63, 3.8) is 0 Å². The molecule has 0 nitrogen and oxygen atoms in total. The maximum Gasteiger partial charge on any atom is 0.00185 e. The smallest absolute Gasteiger partial charge is 0.00185 e. The number of benzene rings is 2. The number of allylic oxidation sites excluding steroid dienone is 6. The molecule has 214 valence electrons. The fourth-order valence-electron chi connectivity index (χ4n) is 10.5. The molecule has 2 saturated carbocycles. The van der Waals surface area contributed by atoms with E-state index < -0.39 is 0 Å². The van der Waals surface area contributed by atoms with E-state index in [4.69, 9.17) is 0 Å². The second kappa shape index (κ2) is 11.0. The minimum atomic E-state index is 0.237. The monoisotopic (exact) mass is 534 g/mol. The molecule has 6 rings (SSSR count). The lowest BCUT2D eigenvalue weighted by Gasteiger charge is -2.53. The zero-order valence-corrected chi connectivity index (χ0v) is 26.2. The van der Waals surface area contributed by atoms with Crippen molar-refractivity contribution in [3.8, 4) is 0 Å². The van der Waals surface area contributed by atoms with Gasteiger partial charge in [-0.2, -0.15) is 0 Å². The van der Waals surface area contributed by atoms with Crippen LogP contribution in [0.2, 0.25) is 0 Å². The van der Waals surface area contributed by atoms with Crippen molar-refractivity contribution in [2.24, 2.45) is 52.8 Å². The molecule has 0 bridgehead atoms. The molecule has 8 atom stereocenters. The molecule has 40 heavy (non-hydrogen) atoms. The fraction of sp³-hybridized carbons (Fsp3) is 0.600. The van der Waals surface area contributed by atoms with Crippen LogP contribution in [0.5, 0.6) is 0 Å². The van der Waals surface area contributed by atoms with Gasteiger partial charge in [0.15, 0.2) is 0 Å². The number of fused-ring (bicyclic) bond motifs is 4. The summed E-state index contributed by atoms with van der Waals surface area (Å²) < 4.78 is 0. The van der Waals surface area contributed by atoms with Gasteiger partial charge < -0.3 is 0 Å². The topological polar surface area (TPSA) is 0 Å². The van der Waals surface area contributed by atoms with Crippen LogP contribution in [0.1, 0.15) is 98.5 Å². The lowest BCUT2D eigenvalue weighted by atomic mass is 9.51. The summed E-state index contributed by atoms with van der Waals surface area (Å²) in [6.07, 6.45) is 24.1. The Kier molecular flexibility index (Phi) is 7.69. The first-order chi connectivity index (χ1) is 19.3. The number of rotatable bonds is 7. The van der Waals surface area contributed by atoms with Crippen molar-refractivity contribution in [2.75, 3.05) is 0 Å². The molecule has 0 spiro atoms. The summed E-state index contributed by atoms with van der Waals surface area (Å²) in [5.41, 5.74) is 3.78. The molecule has 2 aromatic carbocycles. The molecule has 0 aromatic heterocycles. The molecule has 8 unspecified atom stereocenters. The van der Waals surface area contributed by atoms with E-state index >= 15 is 0 Å². The highest BCUT2D eigenvalue weighted by Gasteiger charge is 2.62. The Morgan fingerprint density at radius 2 is 1.57 bits per heavy atom. The number of hydrogen-bond donors (Lipinski definition) is 0. The third-order valence-electron chi connectivity index (χ3n) is 12.1. The van der Waals surface area contributed by atoms with Gasteiger partial charge in [0.05, 0.1) is 0 Å². The minimum Gasteiger partial charge on any atom is -0.0843 e. The van der Waals surface area contributed by atoms with Crippen LogP contribution < -0.4 is 0 Å². The summed E-state index contributed by atoms with van der Waals surface area (Å²) in [6, 6.07) is 16.8. The van der Waals surface area contributed by atoms with Gasteiger partial charge in [0, 0.05) is 5.41 Å². The van der Waals surface area contributed by atoms with E-state index in [2.05, 4.69) is 114 Å². The molecule has 0 heterocycles. The lowest BCUT2D eigenvalue weighted by molar-refractivity contribution is 0.0347. The summed E-state index contributed by atoms with van der Waals surface area (Å²) in [6.45, 7) is 14.9. The van der Waals surface area contributed by atoms with E-state index in [9.17, 15) is 0 Å². The van der Waals surface area contributed by atoms with Gasteiger partial charge in [-0.05, 0) is 94.8 Å². The number of unbranched alkanes of at least 4 members (excludes halogenated alkanes) is 1. The van der Waals surface area contributed by atoms with E-state index in [1.807, 2.05) is 0 Å². The second-order valence-electron chi connectivity index (χ2n) is 15.1. The van der Waals surface area contributed by atoms with Crippen LogP contribution in [0.25, 0.3) is 10.8 Å². The van der Waals surface area contributed by atoms with Gasteiger partial charge >= 0.3 is 0 Å². The highest BCUT2D eigenvalue weighted by Crippen LogP contribution is 2.66. The predicted molar refractivity (Wildman–Crippen MR) is 173 cm³/mol. The average molecular weight is 535 g/mol. The highest BCUT2D eigenvalue weighted by molar-refractivity contribution is 5.83. The molecular formula is C40H54. The van der Waals surface area contributed by atoms with Crippen molar-refractivity contribution in [3.05, 3.63) is 84.0 Å². The van der Waals surface area contributed by atoms with E-state index in [1.165, 1.54) is 55.7 Å². The SMILES string of the molecule is CCCCC(c1ccc2ccccc2c1)(C1CCCC1)C1C2C=C(CC)C=CC2C2C=CC(C(C)(C)C)C(C)C21. The summed E-state index contributed by atoms with van der Waals surface area (Å²) in [4.78, 5) is 0. The summed E-state index contributed by atoms with van der Waals surface area (Å²) in [5.74, 6) is 5.49. The molecule has 2 fully saturated rings. The molecular weight excluding hydrogens is 480 g/mol. The largest absolute Gasteiger partial charge is 0.0843 e. The molecule has 2 aromatic rings. The maximum absolute atomic E-state index is 2.79. The van der Waals surface area contributed by atoms with Gasteiger partial charge in [0.25, 0.3) is 0 Å². The van der Waals surface area contributed by atoms with E-state index in [0.717, 1.165) is 18.3 Å². The van der Waals surface area contributed by atoms with Crippen molar-refractivity contribution in [2.45, 2.75) is 98.3 Å². The molecule has 0 aliphatic heterocycles. The molecule has 0 heteroatoms. The first kappa shape index (κ1) is 28.1. The number of hydrogen-bond acceptors (Lipinski definition) is 0. The van der Waals surface area contributed by atoms with E-state index in [0.29, 0.717) is 40.9 Å². The zero-order valence-electron chi connectivity index (χ0n) is 26.2. The third-order valence-corrected chi connectivity index (χ3v) is 12.1. The Bertz CT molecular complexity index is 1280. The maximum atomic E-state index is 2.79. The van der Waals surface area contributed by atoms with Crippen molar-refractivity contribution in [1.29, 1.82) is 0 Å². The van der Waals surface area contributed by atoms with Crippen LogP contribution in [-0.4, -0.2) is 0 Å². The van der Waals surface area contributed by atoms with E-state index in [1.54, 1.807) is 11.1 Å². The molecule has 0 N–H and O–H groups in total. The van der Waals surface area contributed by atoms with Crippen LogP contribution >= 0.6 is 0 Å². The normalized spacial score (nSPS) is 33.5. The summed E-state index contributed by atoms with van der Waals surface area (Å²) in [7, 11) is 0. The first-order valence-corrected chi connectivity index (χ1v) is 16.9. The Morgan fingerprint density at radius 1 is 0.825 bits per heavy atom. The van der Waals surface area contributed by atoms with Crippen molar-refractivity contribution < 1.29 is 0 Å². The summed E-state index contributed by atoms with van der Waals surface area (Å²) >= 11 is 0. The van der Waals surface area contributed by atoms with Crippen molar-refractivity contribution in [1.82, 2.24) is 0 Å². The van der Waals surface area contributed by atoms with Gasteiger partial charge in [-0.1, -0.05) is 146 Å². The predicted octanol–water partition coefficient (Wildman–Crippen LogP) is 11.3. The first-order valence-electron chi connectivity index (χ1n) is 16.9. The standard InChI is InChI=1S/C40H54/c1-7-9-24-40(31-16-12-13-17-31,32-20-19-29-14-10-11-15-30(29)26-32)38-35-25-28(8-2)18-21-33(35)34-22-23-36(39(4,5)6)27(3)37(34)38/h10-11,14-15,18-23,25-27,31,33-38H,7-9,12-13,16-17,24H2,1-6H3. The lowest BCUT2D eigenvalue weighted by Crippen LogP contribution is -2.49. The second-order valence-corrected chi connectivity index (χ2v) is 15.1. The van der Waals surface area contributed by atoms with Crippen LogP contribution in [0.3, 0.4) is 0 Å². The fourth-order valence-corrected chi connectivity index (χ4v) is 10.5. The molecule has 0 radical (unpaired) electrons. The van der Waals surface area contributed by atoms with Crippen LogP contribution in [0.15, 0.2) is 78.4 Å². The van der Waals surface area contributed by atoms with Gasteiger partial charge in [-0.3, -0.25) is 0 Å². The van der Waals surface area contributed by atoms with Crippen LogP contribution in [0, 0.1) is 52.8 Å². The molecule has 0 saturated heterocycles. The zero-order chi connectivity index (χ0) is 28.1. The summed E-state index contributed by atoms with van der Waals surface area (Å²) in [5, 5.41) is 2.82. The third kappa shape index (κ3) is 4.57. The Hall–Kier alpha value is -2.08. The molecule has 0 amide bonds. The van der Waals surface area contributed by atoms with Gasteiger partial charge in [-0.25, -0.2) is 0 Å². The highest BCUT2D eigenvalue weighted by atomic mass is 14.7. The molecule has 4 aliphatic carbocycles. The van der Waals surface area contributed by atoms with Gasteiger partial charge in [0.2, 0.25) is 0 Å². The minimum absolute atomic E-state index is 0.237.